The number of rotatable bonds is 12. The van der Waals surface area contributed by atoms with Gasteiger partial charge in [-0.2, -0.15) is 32.1 Å². The SMILES string of the molecule is CN(CCO)c1ccc(-c2ccc(Cl)c3c(NS(C)(=O)=O)nn(C)c23)c([C@H](Cc2cc(F)cc(F)c2)NC(=O)Cn2nc(C(F)(F)F)c3c2C(F)(F)[C@@H]2CC[C@H]32)n1. The molecule has 7 rings (SSSR count). The summed E-state index contributed by atoms with van der Waals surface area (Å²) < 4.78 is 131. The van der Waals surface area contributed by atoms with Gasteiger partial charge >= 0.3 is 6.18 Å². The van der Waals surface area contributed by atoms with Gasteiger partial charge in [0.2, 0.25) is 15.9 Å². The molecule has 3 N–H and O–H groups in total. The molecule has 0 saturated heterocycles. The molecular formula is C36H34ClF7N8O4S. The van der Waals surface area contributed by atoms with Crippen molar-refractivity contribution < 1.29 is 49.1 Å². The predicted octanol–water partition coefficient (Wildman–Crippen LogP) is 6.28. The molecule has 0 aliphatic heterocycles. The Morgan fingerprint density at radius 3 is 2.39 bits per heavy atom. The van der Waals surface area contributed by atoms with Crippen molar-refractivity contribution in [1.82, 2.24) is 29.9 Å². The van der Waals surface area contributed by atoms with Gasteiger partial charge in [-0.25, -0.2) is 22.2 Å². The number of hydrogen-bond acceptors (Lipinski definition) is 8. The maximum Gasteiger partial charge on any atom is 0.435 e. The highest BCUT2D eigenvalue weighted by Crippen LogP contribution is 2.64. The first-order valence-electron chi connectivity index (χ1n) is 17.4. The van der Waals surface area contributed by atoms with Gasteiger partial charge in [-0.05, 0) is 61.1 Å². The number of likely N-dealkylation sites (N-methyl/N-ethyl adjacent to an activating group) is 1. The number of aliphatic hydroxyl groups excluding tert-OH is 1. The molecule has 12 nitrogen and oxygen atoms in total. The third-order valence-corrected chi connectivity index (χ3v) is 11.1. The van der Waals surface area contributed by atoms with Crippen LogP contribution < -0.4 is 14.9 Å². The molecule has 2 aromatic carbocycles. The summed E-state index contributed by atoms with van der Waals surface area (Å²) in [4.78, 5) is 20.3. The van der Waals surface area contributed by atoms with Crippen LogP contribution in [0.2, 0.25) is 5.02 Å². The Morgan fingerprint density at radius 2 is 1.77 bits per heavy atom. The van der Waals surface area contributed by atoms with Crippen LogP contribution in [0.5, 0.6) is 0 Å². The van der Waals surface area contributed by atoms with Gasteiger partial charge in [0.25, 0.3) is 5.92 Å². The van der Waals surface area contributed by atoms with E-state index in [1.54, 1.807) is 30.1 Å². The van der Waals surface area contributed by atoms with Crippen molar-refractivity contribution in [2.75, 3.05) is 36.1 Å². The fraction of sp³-hybridized carbons (Fsp3) is 0.389. The smallest absolute Gasteiger partial charge is 0.395 e. The van der Waals surface area contributed by atoms with Crippen molar-refractivity contribution in [3.63, 3.8) is 0 Å². The molecule has 0 unspecified atom stereocenters. The molecule has 21 heteroatoms. The van der Waals surface area contributed by atoms with E-state index in [4.69, 9.17) is 16.6 Å². The Bertz CT molecular complexity index is 2510. The van der Waals surface area contributed by atoms with E-state index >= 15 is 8.78 Å². The molecule has 3 heterocycles. The first kappa shape index (κ1) is 40.3. The second-order valence-electron chi connectivity index (χ2n) is 14.2. The zero-order valence-electron chi connectivity index (χ0n) is 30.3. The Morgan fingerprint density at radius 1 is 1.09 bits per heavy atom. The van der Waals surface area contributed by atoms with Crippen LogP contribution in [0.25, 0.3) is 22.0 Å². The van der Waals surface area contributed by atoms with Gasteiger partial charge in [-0.15, -0.1) is 0 Å². The number of fused-ring (bicyclic) bond motifs is 4. The largest absolute Gasteiger partial charge is 0.435 e. The lowest BCUT2D eigenvalue weighted by Crippen LogP contribution is -2.36. The highest BCUT2D eigenvalue weighted by atomic mass is 35.5. The summed E-state index contributed by atoms with van der Waals surface area (Å²) in [5.41, 5.74) is -2.16. The Hall–Kier alpha value is -4.95. The van der Waals surface area contributed by atoms with E-state index < -0.39 is 81.0 Å². The lowest BCUT2D eigenvalue weighted by atomic mass is 9.73. The molecule has 1 fully saturated rings. The number of carbonyl (C=O) groups excluding carboxylic acids is 1. The highest BCUT2D eigenvalue weighted by molar-refractivity contribution is 7.92. The first-order chi connectivity index (χ1) is 26.7. The molecule has 304 valence electrons. The summed E-state index contributed by atoms with van der Waals surface area (Å²) in [6.07, 6.45) is -4.43. The maximum absolute atomic E-state index is 15.6. The van der Waals surface area contributed by atoms with Crippen LogP contribution in [-0.4, -0.2) is 70.4 Å². The van der Waals surface area contributed by atoms with Crippen molar-refractivity contribution in [2.45, 2.75) is 49.9 Å². The second kappa shape index (κ2) is 14.5. The summed E-state index contributed by atoms with van der Waals surface area (Å²) in [5, 5.41) is 20.4. The standard InChI is InChI=1S/C36H34ClF7N8O4S/c1-50(10-11-53)26-9-6-20(21-5-8-24(37)29-31(21)51(2)48-34(29)49-57(3,55)56)30(46-26)25(14-17-12-18(38)15-19(39)13-17)45-27(54)16-52-33-28(32(47-52)36(42,43)44)22-4-7-23(22)35(33,40)41/h5-6,8-9,12-13,15,22-23,25,53H,4,7,10-11,14,16H2,1-3H3,(H,45,54)(H,48,49)/t22-,23+,25-/m0/s1. The third-order valence-electron chi connectivity index (χ3n) is 10.3. The summed E-state index contributed by atoms with van der Waals surface area (Å²) in [6, 6.07) is 7.46. The number of amides is 1. The number of sulfonamides is 1. The molecule has 0 spiro atoms. The van der Waals surface area contributed by atoms with Crippen molar-refractivity contribution in [2.24, 2.45) is 13.0 Å². The topological polar surface area (TPSA) is 147 Å². The van der Waals surface area contributed by atoms with Gasteiger partial charge in [0.15, 0.2) is 11.5 Å². The molecule has 3 aromatic heterocycles. The number of nitrogens with zero attached hydrogens (tertiary/aromatic N) is 6. The minimum absolute atomic E-state index is 0.00192. The number of hydrogen-bond donors (Lipinski definition) is 3. The number of benzene rings is 2. The molecule has 1 amide bonds. The Labute approximate surface area is 325 Å². The summed E-state index contributed by atoms with van der Waals surface area (Å²) in [7, 11) is -0.724. The van der Waals surface area contributed by atoms with Crippen LogP contribution in [0.1, 0.15) is 53.0 Å². The zero-order chi connectivity index (χ0) is 41.4. The molecule has 3 atom stereocenters. The molecule has 1 saturated carbocycles. The van der Waals surface area contributed by atoms with Gasteiger partial charge in [-0.1, -0.05) is 17.7 Å². The number of aromatic nitrogens is 5. The van der Waals surface area contributed by atoms with Gasteiger partial charge in [0, 0.05) is 49.3 Å². The first-order valence-corrected chi connectivity index (χ1v) is 19.7. The van der Waals surface area contributed by atoms with E-state index in [0.29, 0.717) is 21.8 Å². The highest BCUT2D eigenvalue weighted by Gasteiger charge is 2.63. The van der Waals surface area contributed by atoms with Crippen molar-refractivity contribution in [1.29, 1.82) is 0 Å². The van der Waals surface area contributed by atoms with Crippen molar-refractivity contribution in [3.8, 4) is 11.1 Å². The number of alkyl halides is 5. The van der Waals surface area contributed by atoms with Crippen LogP contribution >= 0.6 is 11.6 Å². The number of carbonyl (C=O) groups is 1. The third kappa shape index (κ3) is 7.49. The van der Waals surface area contributed by atoms with Gasteiger partial charge < -0.3 is 15.3 Å². The zero-order valence-corrected chi connectivity index (χ0v) is 31.9. The van der Waals surface area contributed by atoms with Crippen LogP contribution in [-0.2, 0) is 46.9 Å². The van der Waals surface area contributed by atoms with Crippen molar-refractivity contribution in [3.05, 3.63) is 87.3 Å². The van der Waals surface area contributed by atoms with Crippen LogP contribution in [0, 0.1) is 17.6 Å². The van der Waals surface area contributed by atoms with Crippen LogP contribution in [0.15, 0.2) is 42.5 Å². The van der Waals surface area contributed by atoms with Crippen molar-refractivity contribution >= 4 is 50.1 Å². The summed E-state index contributed by atoms with van der Waals surface area (Å²) >= 11 is 6.57. The van der Waals surface area contributed by atoms with E-state index in [-0.39, 0.29) is 71.3 Å². The lowest BCUT2D eigenvalue weighted by molar-refractivity contribution is -0.144. The molecule has 5 aromatic rings. The number of nitrogens with one attached hydrogen (secondary N) is 2. The minimum Gasteiger partial charge on any atom is -0.395 e. The second-order valence-corrected chi connectivity index (χ2v) is 16.3. The van der Waals surface area contributed by atoms with E-state index in [1.165, 1.54) is 17.8 Å². The normalized spacial score (nSPS) is 17.9. The monoisotopic (exact) mass is 842 g/mol. The summed E-state index contributed by atoms with van der Waals surface area (Å²) in [5.74, 6) is -8.97. The molecule has 2 aliphatic rings. The maximum atomic E-state index is 15.6. The lowest BCUT2D eigenvalue weighted by Gasteiger charge is -2.34. The number of halogens is 8. The van der Waals surface area contributed by atoms with E-state index in [2.05, 4.69) is 20.2 Å². The van der Waals surface area contributed by atoms with E-state index in [0.717, 1.165) is 18.4 Å². The number of aryl methyl sites for hydroxylation is 1. The Kier molecular flexibility index (Phi) is 10.2. The predicted molar refractivity (Wildman–Crippen MR) is 195 cm³/mol. The number of aliphatic hydroxyl groups is 1. The summed E-state index contributed by atoms with van der Waals surface area (Å²) in [6.45, 7) is -1.27. The van der Waals surface area contributed by atoms with Gasteiger partial charge in [0.1, 0.15) is 29.7 Å². The minimum atomic E-state index is -5.08. The van der Waals surface area contributed by atoms with Gasteiger partial charge in [-0.3, -0.25) is 18.9 Å². The molecular weight excluding hydrogens is 809 g/mol. The fourth-order valence-corrected chi connectivity index (χ4v) is 8.53. The molecule has 2 aliphatic carbocycles. The molecule has 0 radical (unpaired) electrons. The number of pyridine rings is 1. The quantitative estimate of drug-likeness (QED) is 0.125. The van der Waals surface area contributed by atoms with E-state index in [1.807, 2.05) is 0 Å². The number of anilines is 2. The molecule has 0 bridgehead atoms. The average Bonchev–Trinajstić information content (AvgIpc) is 3.65. The van der Waals surface area contributed by atoms with Gasteiger partial charge in [0.05, 0.1) is 40.5 Å². The van der Waals surface area contributed by atoms with Crippen LogP contribution in [0.3, 0.4) is 0 Å². The van der Waals surface area contributed by atoms with Crippen LogP contribution in [0.4, 0.5) is 42.4 Å². The Balaban J connectivity index is 1.38. The average molecular weight is 843 g/mol. The molecule has 57 heavy (non-hydrogen) atoms. The van der Waals surface area contributed by atoms with E-state index in [9.17, 15) is 40.3 Å². The fourth-order valence-electron chi connectivity index (χ4n) is 7.79.